The Labute approximate surface area is 866 Å². The molecule has 22 aromatic rings. The molecule has 149 heavy (non-hydrogen) atoms. The summed E-state index contributed by atoms with van der Waals surface area (Å²) in [4.78, 5) is 109. The number of aromatic amines is 7. The third-order valence-corrected chi connectivity index (χ3v) is 25.7. The van der Waals surface area contributed by atoms with Crippen LogP contribution in [0.2, 0.25) is 0 Å². The number of H-pyrrole nitrogens is 7. The minimum atomic E-state index is -0.144. The molecule has 0 saturated heterocycles. The Morgan fingerprint density at radius 1 is 0.221 bits per heavy atom. The van der Waals surface area contributed by atoms with Crippen LogP contribution in [0, 0.1) is 41.5 Å². The number of aryl methyl sites for hydroxylation is 7. The number of hydrogen-bond donors (Lipinski definition) is 14. The zero-order valence-corrected chi connectivity index (χ0v) is 85.7. The van der Waals surface area contributed by atoms with Gasteiger partial charge in [0, 0.05) is 122 Å². The highest BCUT2D eigenvalue weighted by Gasteiger charge is 2.23. The number of amides is 7. The highest BCUT2D eigenvalue weighted by molar-refractivity contribution is 6.12. The summed E-state index contributed by atoms with van der Waals surface area (Å²) in [6.07, 6.45) is 0.892. The molecule has 15 aromatic carbocycles. The number of rotatable bonds is 19. The molecule has 21 nitrogen and oxygen atoms in total. The molecule has 7 heterocycles. The Morgan fingerprint density at radius 3 is 0.846 bits per heavy atom. The number of benzene rings is 15. The average molecular weight is 1970 g/mol. The van der Waals surface area contributed by atoms with Crippen LogP contribution < -0.4 is 37.2 Å². The van der Waals surface area contributed by atoms with Crippen molar-refractivity contribution in [2.45, 2.75) is 114 Å². The lowest BCUT2D eigenvalue weighted by atomic mass is 9.92. The van der Waals surface area contributed by atoms with Crippen molar-refractivity contribution in [1.29, 1.82) is 0 Å². The summed E-state index contributed by atoms with van der Waals surface area (Å²) in [6, 6.07) is 126. The normalized spacial score (nSPS) is 10.8. The topological polar surface area (TPSA) is 314 Å². The number of hydrogen-bond acceptors (Lipinski definition) is 7. The van der Waals surface area contributed by atoms with Gasteiger partial charge in [-0.2, -0.15) is 0 Å². The van der Waals surface area contributed by atoms with Crippen LogP contribution in [0.15, 0.2) is 388 Å². The molecule has 7 amide bonds. The first kappa shape index (κ1) is 103. The Kier molecular flexibility index (Phi) is 33.4. The molecule has 7 aromatic heterocycles. The average Bonchev–Trinajstić information content (AvgIpc) is 1.77. The molecule has 0 unspecified atom stereocenters. The van der Waals surface area contributed by atoms with Gasteiger partial charge < -0.3 is 72.1 Å². The minimum absolute atomic E-state index is 0.0961. The van der Waals surface area contributed by atoms with Gasteiger partial charge in [0.1, 0.15) is 39.9 Å². The van der Waals surface area contributed by atoms with E-state index in [0.29, 0.717) is 57.6 Å². The Bertz CT molecular complexity index is 8230. The second-order valence-corrected chi connectivity index (χ2v) is 37.8. The van der Waals surface area contributed by atoms with Crippen molar-refractivity contribution in [2.75, 3.05) is 37.2 Å². The molecule has 0 aliphatic heterocycles. The van der Waals surface area contributed by atoms with E-state index in [0.717, 1.165) is 167 Å². The van der Waals surface area contributed by atoms with Gasteiger partial charge in [-0.15, -0.1) is 0 Å². The SMILES string of the molecule is CC(C)c1cccc(C(C)C)c1NC(=O)c1cc2ccccc2[nH]1.CC(C)c1ccccc1NC(=O)c1cc2ccccc2[nH]1.CCc1ccccc1NC(=O)c1cc2ccccc2[nH]1.Cc1cc(C)c(NC(=O)c2cc3ccccc3[nH]2)c(C)c1.Cc1ccc(NC(=O)c2cc3ccccc3[nH]2)cc1.Cc1cccc(C)c1NC(=O)c1cc2ccccc2[nH]1.O=C(Nc1ccccc1-c1ccccc1)c1cc2ccccc2[nH]1. The maximum absolute atomic E-state index is 12.8. The number of para-hydroxylation sites is 12. The van der Waals surface area contributed by atoms with Crippen LogP contribution in [0.25, 0.3) is 87.4 Å². The van der Waals surface area contributed by atoms with Crippen molar-refractivity contribution in [2.24, 2.45) is 0 Å². The summed E-state index contributed by atoms with van der Waals surface area (Å²) in [6.45, 7) is 27.0. The fourth-order valence-electron chi connectivity index (χ4n) is 17.9. The second-order valence-electron chi connectivity index (χ2n) is 37.8. The van der Waals surface area contributed by atoms with E-state index in [2.05, 4.69) is 158 Å². The van der Waals surface area contributed by atoms with E-state index in [1.807, 2.05) is 393 Å². The standard InChI is InChI=1S/C21H16N2O.C21H24N2O.2C18H18N2O.2C17H16N2O.C16H14N2O/c24-21(20-14-16-10-4-6-12-18(16)22-20)23-19-13-7-5-11-17(19)15-8-2-1-3-9-15;1-13(2)16-9-7-10-17(14(3)4)20(16)23-21(24)19-12-15-8-5-6-11-18(15)22-19;1-11-8-12(2)17(13(3)9-11)20-18(21)16-10-14-6-4-5-7-15(14)19-16;1-12(2)14-8-4-6-10-16(14)20-18(21)17-11-13-7-3-5-9-15(13)19-17;1-11-6-5-7-12(2)16(11)19-17(20)15-10-13-8-3-4-9-14(13)18-15;1-2-12-7-3-5-9-14(12)19-17(20)16-11-13-8-4-6-10-15(13)18-16;1-11-6-8-13(9-7-11)17-16(19)15-10-12-4-2-3-5-14(12)18-15/h1-14,22H,(H,23,24);5-14,22H,1-4H3,(H,23,24);4-10,19H,1-3H3,(H,20,21);3-12,19H,1-2H3,(H,20,21);3-10,18H,1-2H3,(H,19,20);3-11,18H,2H2,1H3,(H,19,20);2-10,18H,1H3,(H,17,19). The summed E-state index contributed by atoms with van der Waals surface area (Å²) in [5, 5.41) is 28.3. The summed E-state index contributed by atoms with van der Waals surface area (Å²) < 4.78 is 0. The van der Waals surface area contributed by atoms with E-state index in [4.69, 9.17) is 0 Å². The zero-order valence-electron chi connectivity index (χ0n) is 85.7. The van der Waals surface area contributed by atoms with Gasteiger partial charge in [-0.25, -0.2) is 0 Å². The van der Waals surface area contributed by atoms with Gasteiger partial charge in [-0.05, 0) is 231 Å². The van der Waals surface area contributed by atoms with Gasteiger partial charge in [0.2, 0.25) is 0 Å². The second kappa shape index (κ2) is 48.2. The molecule has 0 radical (unpaired) electrons. The third-order valence-electron chi connectivity index (χ3n) is 25.7. The van der Waals surface area contributed by atoms with Crippen LogP contribution in [0.1, 0.15) is 195 Å². The highest BCUT2D eigenvalue weighted by Crippen LogP contribution is 2.36. The van der Waals surface area contributed by atoms with Gasteiger partial charge >= 0.3 is 0 Å². The van der Waals surface area contributed by atoms with Crippen LogP contribution in [-0.2, 0) is 6.42 Å². The van der Waals surface area contributed by atoms with Crippen LogP contribution >= 0.6 is 0 Å². The van der Waals surface area contributed by atoms with Gasteiger partial charge in [-0.1, -0.05) is 333 Å². The summed E-state index contributed by atoms with van der Waals surface area (Å²) in [5.74, 6) is 0.254. The maximum Gasteiger partial charge on any atom is 0.272 e. The van der Waals surface area contributed by atoms with Crippen molar-refractivity contribution < 1.29 is 33.6 Å². The van der Waals surface area contributed by atoms with E-state index in [1.165, 1.54) is 22.3 Å². The smallest absolute Gasteiger partial charge is 0.272 e. The number of nitrogens with one attached hydrogen (secondary N) is 14. The fourth-order valence-corrected chi connectivity index (χ4v) is 17.9. The molecule has 746 valence electrons. The molecular formula is C128H122N14O7. The first-order chi connectivity index (χ1) is 72.1. The molecule has 22 rings (SSSR count). The lowest BCUT2D eigenvalue weighted by molar-refractivity contribution is 0.101. The van der Waals surface area contributed by atoms with Crippen LogP contribution in [0.4, 0.5) is 39.8 Å². The fraction of sp³-hybridized carbons (Fsp3) is 0.133. The van der Waals surface area contributed by atoms with Crippen LogP contribution in [0.3, 0.4) is 0 Å². The largest absolute Gasteiger partial charge is 0.351 e. The molecule has 0 atom stereocenters. The van der Waals surface area contributed by atoms with E-state index in [9.17, 15) is 33.6 Å². The molecule has 0 bridgehead atoms. The van der Waals surface area contributed by atoms with Crippen LogP contribution in [0.5, 0.6) is 0 Å². The molecule has 0 saturated carbocycles. The predicted octanol–water partition coefficient (Wildman–Crippen LogP) is 31.4. The zero-order chi connectivity index (χ0) is 105. The number of fused-ring (bicyclic) bond motifs is 7. The van der Waals surface area contributed by atoms with Crippen molar-refractivity contribution in [3.8, 4) is 11.1 Å². The van der Waals surface area contributed by atoms with Gasteiger partial charge in [0.25, 0.3) is 41.4 Å². The molecule has 0 aliphatic carbocycles. The Morgan fingerprint density at radius 2 is 0.490 bits per heavy atom. The van der Waals surface area contributed by atoms with Crippen molar-refractivity contribution >= 4 is 157 Å². The van der Waals surface area contributed by atoms with Gasteiger partial charge in [-0.3, -0.25) is 33.6 Å². The molecule has 0 spiro atoms. The Balaban J connectivity index is 0.000000124. The summed E-state index contributed by atoms with van der Waals surface area (Å²) >= 11 is 0. The van der Waals surface area contributed by atoms with E-state index in [1.54, 1.807) is 0 Å². The third kappa shape index (κ3) is 26.1. The molecule has 0 fully saturated rings. The van der Waals surface area contributed by atoms with Gasteiger partial charge in [0.05, 0.1) is 0 Å². The van der Waals surface area contributed by atoms with E-state index in [-0.39, 0.29) is 41.4 Å². The number of carbonyl (C=O) groups is 7. The minimum Gasteiger partial charge on any atom is -0.351 e. The predicted molar refractivity (Wildman–Crippen MR) is 614 cm³/mol. The first-order valence-corrected chi connectivity index (χ1v) is 50.0. The van der Waals surface area contributed by atoms with Crippen molar-refractivity contribution in [3.63, 3.8) is 0 Å². The van der Waals surface area contributed by atoms with E-state index < -0.39 is 0 Å². The van der Waals surface area contributed by atoms with Gasteiger partial charge in [0.15, 0.2) is 0 Å². The number of aromatic nitrogens is 7. The molecule has 14 N–H and O–H groups in total. The number of anilines is 7. The lowest BCUT2D eigenvalue weighted by Gasteiger charge is -2.20. The van der Waals surface area contributed by atoms with Crippen LogP contribution in [-0.4, -0.2) is 76.2 Å². The quantitative estimate of drug-likeness (QED) is 0.0371. The molecule has 0 aliphatic rings. The number of carbonyl (C=O) groups excluding carboxylic acids is 7. The summed E-state index contributed by atoms with van der Waals surface area (Å²) in [5.41, 5.74) is 30.3. The lowest BCUT2D eigenvalue weighted by Crippen LogP contribution is -2.16. The molecular weight excluding hydrogens is 1850 g/mol. The van der Waals surface area contributed by atoms with E-state index >= 15 is 0 Å². The molecule has 21 heteroatoms. The van der Waals surface area contributed by atoms with Crippen molar-refractivity contribution in [3.05, 3.63) is 484 Å². The first-order valence-electron chi connectivity index (χ1n) is 50.0. The highest BCUT2D eigenvalue weighted by atomic mass is 16.2. The summed E-state index contributed by atoms with van der Waals surface area (Å²) in [7, 11) is 0. The van der Waals surface area contributed by atoms with Crippen molar-refractivity contribution in [1.82, 2.24) is 34.9 Å². The maximum atomic E-state index is 12.8. The monoisotopic (exact) mass is 1970 g/mol. The Hall–Kier alpha value is -18.6.